The van der Waals surface area contributed by atoms with Crippen LogP contribution in [0.15, 0.2) is 60.7 Å². The Bertz CT molecular complexity index is 756. The maximum atomic E-state index is 13.3. The van der Waals surface area contributed by atoms with Gasteiger partial charge in [0.2, 0.25) is 5.91 Å². The lowest BCUT2D eigenvalue weighted by molar-refractivity contribution is -0.183. The van der Waals surface area contributed by atoms with Gasteiger partial charge in [0.05, 0.1) is 11.5 Å². The van der Waals surface area contributed by atoms with E-state index < -0.39 is 0 Å². The highest BCUT2D eigenvalue weighted by Crippen LogP contribution is 2.68. The van der Waals surface area contributed by atoms with Crippen molar-refractivity contribution < 1.29 is 4.79 Å². The van der Waals surface area contributed by atoms with Crippen molar-refractivity contribution in [3.63, 3.8) is 0 Å². The minimum absolute atomic E-state index is 0.0982. The van der Waals surface area contributed by atoms with Crippen LogP contribution in [0.5, 0.6) is 0 Å². The Kier molecular flexibility index (Phi) is 3.09. The van der Waals surface area contributed by atoms with Gasteiger partial charge in [-0.15, -0.1) is 0 Å². The van der Waals surface area contributed by atoms with Crippen molar-refractivity contribution in [3.8, 4) is 0 Å². The Hall–Kier alpha value is -2.09. The van der Waals surface area contributed by atoms with Crippen molar-refractivity contribution in [2.75, 3.05) is 0 Å². The quantitative estimate of drug-likeness (QED) is 0.759. The second-order valence-electron chi connectivity index (χ2n) is 7.85. The summed E-state index contributed by atoms with van der Waals surface area (Å²) in [4.78, 5) is 15.4. The van der Waals surface area contributed by atoms with E-state index in [0.29, 0.717) is 11.8 Å². The molecule has 24 heavy (non-hydrogen) atoms. The number of carbonyl (C=O) groups is 1. The fraction of sp³-hybridized carbons (Fsp3) is 0.409. The molecular formula is C22H23NO. The molecule has 3 fully saturated rings. The molecule has 0 N–H and O–H groups in total. The normalized spacial score (nSPS) is 33.9. The summed E-state index contributed by atoms with van der Waals surface area (Å²) in [5, 5.41) is 0. The van der Waals surface area contributed by atoms with Crippen molar-refractivity contribution in [1.82, 2.24) is 4.90 Å². The molecular weight excluding hydrogens is 294 g/mol. The van der Waals surface area contributed by atoms with Gasteiger partial charge in [-0.1, -0.05) is 67.1 Å². The summed E-state index contributed by atoms with van der Waals surface area (Å²) < 4.78 is 0. The van der Waals surface area contributed by atoms with Crippen molar-refractivity contribution in [1.29, 1.82) is 0 Å². The van der Waals surface area contributed by atoms with Gasteiger partial charge < -0.3 is 4.90 Å². The van der Waals surface area contributed by atoms with Crippen LogP contribution >= 0.6 is 0 Å². The van der Waals surface area contributed by atoms with Gasteiger partial charge in [0.1, 0.15) is 0 Å². The molecule has 1 amide bonds. The third kappa shape index (κ3) is 1.86. The van der Waals surface area contributed by atoms with E-state index in [1.165, 1.54) is 30.4 Å². The Labute approximate surface area is 143 Å². The fourth-order valence-electron chi connectivity index (χ4n) is 5.74. The molecule has 0 aromatic heterocycles. The molecule has 1 aliphatic heterocycles. The summed E-state index contributed by atoms with van der Waals surface area (Å²) in [5.41, 5.74) is 2.45. The molecule has 0 unspecified atom stereocenters. The van der Waals surface area contributed by atoms with E-state index in [4.69, 9.17) is 0 Å². The zero-order valence-electron chi connectivity index (χ0n) is 13.9. The zero-order valence-corrected chi connectivity index (χ0v) is 13.9. The van der Waals surface area contributed by atoms with Crippen LogP contribution < -0.4 is 0 Å². The first-order valence-corrected chi connectivity index (χ1v) is 9.19. The van der Waals surface area contributed by atoms with Gasteiger partial charge >= 0.3 is 0 Å². The Morgan fingerprint density at radius 1 is 0.958 bits per heavy atom. The first kappa shape index (κ1) is 14.3. The highest BCUT2D eigenvalue weighted by molar-refractivity contribution is 5.91. The molecule has 2 aliphatic carbocycles. The highest BCUT2D eigenvalue weighted by atomic mass is 16.2. The van der Waals surface area contributed by atoms with Crippen molar-refractivity contribution in [3.05, 3.63) is 71.8 Å². The van der Waals surface area contributed by atoms with Crippen molar-refractivity contribution >= 4 is 5.91 Å². The van der Waals surface area contributed by atoms with Gasteiger partial charge in [-0.25, -0.2) is 0 Å². The average molecular weight is 317 g/mol. The van der Waals surface area contributed by atoms with Crippen molar-refractivity contribution in [2.24, 2.45) is 17.3 Å². The van der Waals surface area contributed by atoms with E-state index in [0.717, 1.165) is 18.9 Å². The Balaban J connectivity index is 1.52. The number of hydrogen-bond acceptors (Lipinski definition) is 1. The van der Waals surface area contributed by atoms with Gasteiger partial charge in [-0.3, -0.25) is 4.79 Å². The second-order valence-corrected chi connectivity index (χ2v) is 7.85. The first-order chi connectivity index (χ1) is 11.8. The minimum Gasteiger partial charge on any atom is -0.330 e. The maximum Gasteiger partial charge on any atom is 0.232 e. The van der Waals surface area contributed by atoms with E-state index in [-0.39, 0.29) is 11.5 Å². The van der Waals surface area contributed by atoms with Crippen LogP contribution in [0.1, 0.15) is 42.9 Å². The van der Waals surface area contributed by atoms with E-state index in [9.17, 15) is 4.79 Å². The molecule has 5 rings (SSSR count). The molecule has 2 aromatic rings. The molecule has 2 saturated carbocycles. The fourth-order valence-corrected chi connectivity index (χ4v) is 5.74. The summed E-state index contributed by atoms with van der Waals surface area (Å²) in [7, 11) is 0. The third-order valence-corrected chi connectivity index (χ3v) is 6.67. The van der Waals surface area contributed by atoms with Crippen LogP contribution in [0.3, 0.4) is 0 Å². The largest absolute Gasteiger partial charge is 0.330 e. The molecule has 4 atom stereocenters. The minimum atomic E-state index is -0.0982. The molecule has 3 aliphatic rings. The standard InChI is InChI=1S/C22H23NO/c24-21-22(14-17-11-12-19(22)13-17)20(18-9-5-2-6-10-18)23(21)15-16-7-3-1-4-8-16/h1-10,17,19-20H,11-15H2/t17-,19+,20-,22+/m1/s1. The van der Waals surface area contributed by atoms with E-state index in [1.807, 2.05) is 6.07 Å². The van der Waals surface area contributed by atoms with Gasteiger partial charge in [0.15, 0.2) is 0 Å². The smallest absolute Gasteiger partial charge is 0.232 e. The van der Waals surface area contributed by atoms with Gasteiger partial charge in [-0.2, -0.15) is 0 Å². The number of rotatable bonds is 3. The molecule has 1 spiro atoms. The molecule has 1 heterocycles. The number of hydrogen-bond donors (Lipinski definition) is 0. The predicted octanol–water partition coefficient (Wildman–Crippen LogP) is 4.58. The van der Waals surface area contributed by atoms with Crippen LogP contribution in [0.25, 0.3) is 0 Å². The van der Waals surface area contributed by atoms with Crippen LogP contribution in [-0.4, -0.2) is 10.8 Å². The lowest BCUT2D eigenvalue weighted by Crippen LogP contribution is -2.64. The molecule has 122 valence electrons. The zero-order chi connectivity index (χ0) is 16.1. The monoisotopic (exact) mass is 317 g/mol. The SMILES string of the molecule is O=C1N(Cc2ccccc2)[C@H](c2ccccc2)[C@@]12C[C@@H]1CC[C@H]2C1. The molecule has 2 heteroatoms. The summed E-state index contributed by atoms with van der Waals surface area (Å²) in [6.45, 7) is 0.734. The molecule has 2 nitrogen and oxygen atoms in total. The number of amides is 1. The number of fused-ring (bicyclic) bond motifs is 3. The van der Waals surface area contributed by atoms with E-state index >= 15 is 0 Å². The summed E-state index contributed by atoms with van der Waals surface area (Å²) in [6, 6.07) is 21.4. The van der Waals surface area contributed by atoms with E-state index in [2.05, 4.69) is 59.5 Å². The predicted molar refractivity (Wildman–Crippen MR) is 94.1 cm³/mol. The molecule has 1 saturated heterocycles. The van der Waals surface area contributed by atoms with Gasteiger partial charge in [0.25, 0.3) is 0 Å². The summed E-state index contributed by atoms with van der Waals surface area (Å²) >= 11 is 0. The topological polar surface area (TPSA) is 20.3 Å². The Morgan fingerprint density at radius 2 is 1.67 bits per heavy atom. The van der Waals surface area contributed by atoms with Crippen LogP contribution in [0, 0.1) is 17.3 Å². The third-order valence-electron chi connectivity index (χ3n) is 6.67. The lowest BCUT2D eigenvalue weighted by Gasteiger charge is -2.58. The first-order valence-electron chi connectivity index (χ1n) is 9.19. The van der Waals surface area contributed by atoms with Gasteiger partial charge in [-0.05, 0) is 42.2 Å². The summed E-state index contributed by atoms with van der Waals surface area (Å²) in [5.74, 6) is 1.80. The highest BCUT2D eigenvalue weighted by Gasteiger charge is 2.68. The molecule has 0 radical (unpaired) electrons. The van der Waals surface area contributed by atoms with E-state index in [1.54, 1.807) is 0 Å². The molecule has 2 bridgehead atoms. The number of nitrogens with zero attached hydrogens (tertiary/aromatic N) is 1. The Morgan fingerprint density at radius 3 is 2.29 bits per heavy atom. The van der Waals surface area contributed by atoms with Crippen LogP contribution in [0.2, 0.25) is 0 Å². The number of carbonyl (C=O) groups excluding carboxylic acids is 1. The average Bonchev–Trinajstić information content (AvgIpc) is 3.25. The van der Waals surface area contributed by atoms with Crippen LogP contribution in [-0.2, 0) is 11.3 Å². The lowest BCUT2D eigenvalue weighted by atomic mass is 9.59. The summed E-state index contributed by atoms with van der Waals surface area (Å²) in [6.07, 6.45) is 4.97. The molecule has 2 aromatic carbocycles. The van der Waals surface area contributed by atoms with Crippen LogP contribution in [0.4, 0.5) is 0 Å². The second kappa shape index (κ2) is 5.20. The number of likely N-dealkylation sites (tertiary alicyclic amines) is 1. The van der Waals surface area contributed by atoms with Crippen molar-refractivity contribution in [2.45, 2.75) is 38.3 Å². The number of β-lactam (4-membered cyclic amide) rings is 1. The number of benzene rings is 2. The van der Waals surface area contributed by atoms with Gasteiger partial charge in [0, 0.05) is 6.54 Å². The maximum absolute atomic E-state index is 13.3.